The number of rotatable bonds is 5. The van der Waals surface area contributed by atoms with Gasteiger partial charge < -0.3 is 14.4 Å². The summed E-state index contributed by atoms with van der Waals surface area (Å²) in [6.45, 7) is 2.56. The Kier molecular flexibility index (Phi) is 4.40. The Morgan fingerprint density at radius 3 is 2.71 bits per heavy atom. The Morgan fingerprint density at radius 2 is 2.19 bits per heavy atom. The van der Waals surface area contributed by atoms with Gasteiger partial charge in [-0.15, -0.1) is 0 Å². The first-order valence-electron chi connectivity index (χ1n) is 6.73. The predicted molar refractivity (Wildman–Crippen MR) is 75.9 cm³/mol. The maximum atomic E-state index is 12.7. The van der Waals surface area contributed by atoms with E-state index in [0.29, 0.717) is 13.1 Å². The van der Waals surface area contributed by atoms with Crippen LogP contribution in [0.1, 0.15) is 29.2 Å². The second-order valence-electron chi connectivity index (χ2n) is 5.51. The number of carboxylic acids is 1. The maximum absolute atomic E-state index is 12.7. The number of likely N-dealkylation sites (N-methyl/N-ethyl adjacent to an activating group) is 1. The number of furan rings is 1. The molecule has 0 saturated carbocycles. The van der Waals surface area contributed by atoms with E-state index in [1.54, 1.807) is 0 Å². The smallest absolute Gasteiger partial charge is 0.371 e. The highest BCUT2D eigenvalue weighted by Gasteiger charge is 2.37. The SMILES string of the molecule is Cc1oc(C(=O)O)cc1S(=O)(=O)N1CCCC1CN(C)C. The van der Waals surface area contributed by atoms with Crippen LogP contribution in [0.3, 0.4) is 0 Å². The highest BCUT2D eigenvalue weighted by Crippen LogP contribution is 2.29. The molecule has 2 heterocycles. The van der Waals surface area contributed by atoms with Gasteiger partial charge in [-0.05, 0) is 33.9 Å². The predicted octanol–water partition coefficient (Wildman–Crippen LogP) is 1.00. The third-order valence-electron chi connectivity index (χ3n) is 3.57. The minimum absolute atomic E-state index is 0.0504. The van der Waals surface area contributed by atoms with E-state index < -0.39 is 16.0 Å². The van der Waals surface area contributed by atoms with E-state index in [9.17, 15) is 13.2 Å². The second kappa shape index (κ2) is 5.78. The lowest BCUT2D eigenvalue weighted by atomic mass is 10.2. The van der Waals surface area contributed by atoms with E-state index in [4.69, 9.17) is 9.52 Å². The topological polar surface area (TPSA) is 91.1 Å². The standard InChI is InChI=1S/C13H20N2O5S/c1-9-12(7-11(20-9)13(16)17)21(18,19)15-6-4-5-10(15)8-14(2)3/h7,10H,4-6,8H2,1-3H3,(H,16,17). The van der Waals surface area contributed by atoms with Gasteiger partial charge in [-0.25, -0.2) is 13.2 Å². The van der Waals surface area contributed by atoms with Crippen molar-refractivity contribution in [1.82, 2.24) is 9.21 Å². The molecular weight excluding hydrogens is 296 g/mol. The van der Waals surface area contributed by atoms with E-state index in [1.165, 1.54) is 11.2 Å². The van der Waals surface area contributed by atoms with Crippen molar-refractivity contribution in [2.45, 2.75) is 30.7 Å². The molecule has 0 bridgehead atoms. The second-order valence-corrected chi connectivity index (χ2v) is 7.37. The van der Waals surface area contributed by atoms with E-state index >= 15 is 0 Å². The molecule has 1 aromatic rings. The fourth-order valence-corrected chi connectivity index (χ4v) is 4.53. The van der Waals surface area contributed by atoms with Crippen LogP contribution in [-0.2, 0) is 10.0 Å². The van der Waals surface area contributed by atoms with Crippen molar-refractivity contribution < 1.29 is 22.7 Å². The Bertz CT molecular complexity index is 635. The molecule has 1 unspecified atom stereocenters. The zero-order chi connectivity index (χ0) is 15.8. The summed E-state index contributed by atoms with van der Waals surface area (Å²) >= 11 is 0. The van der Waals surface area contributed by atoms with Crippen molar-refractivity contribution in [3.63, 3.8) is 0 Å². The van der Waals surface area contributed by atoms with Crippen molar-refractivity contribution in [2.24, 2.45) is 0 Å². The Labute approximate surface area is 124 Å². The number of sulfonamides is 1. The van der Waals surface area contributed by atoms with Crippen molar-refractivity contribution in [1.29, 1.82) is 0 Å². The summed E-state index contributed by atoms with van der Waals surface area (Å²) in [6, 6.07) is 1.01. The minimum Gasteiger partial charge on any atom is -0.475 e. The van der Waals surface area contributed by atoms with E-state index in [0.717, 1.165) is 18.9 Å². The molecule has 118 valence electrons. The van der Waals surface area contributed by atoms with Crippen molar-refractivity contribution in [3.8, 4) is 0 Å². The molecule has 1 aliphatic heterocycles. The molecule has 1 aliphatic rings. The van der Waals surface area contributed by atoms with Crippen LogP contribution in [0, 0.1) is 6.92 Å². The number of nitrogens with zero attached hydrogens (tertiary/aromatic N) is 2. The van der Waals surface area contributed by atoms with Crippen LogP contribution < -0.4 is 0 Å². The number of carboxylic acid groups (broad SMARTS) is 1. The molecule has 0 aliphatic carbocycles. The normalized spacial score (nSPS) is 20.3. The number of aryl methyl sites for hydroxylation is 1. The molecule has 8 heteroatoms. The van der Waals surface area contributed by atoms with Gasteiger partial charge in [-0.3, -0.25) is 0 Å². The minimum atomic E-state index is -3.73. The number of aromatic carboxylic acids is 1. The van der Waals surface area contributed by atoms with E-state index in [1.807, 2.05) is 19.0 Å². The molecule has 0 spiro atoms. The van der Waals surface area contributed by atoms with E-state index in [2.05, 4.69) is 0 Å². The van der Waals surface area contributed by atoms with Gasteiger partial charge in [0.25, 0.3) is 0 Å². The van der Waals surface area contributed by atoms with Crippen molar-refractivity contribution in [2.75, 3.05) is 27.2 Å². The zero-order valence-corrected chi connectivity index (χ0v) is 13.2. The summed E-state index contributed by atoms with van der Waals surface area (Å²) in [7, 11) is 0.0679. The van der Waals surface area contributed by atoms with Crippen molar-refractivity contribution >= 4 is 16.0 Å². The van der Waals surface area contributed by atoms with Gasteiger partial charge in [0.2, 0.25) is 15.8 Å². The number of hydrogen-bond acceptors (Lipinski definition) is 5. The molecule has 0 aromatic carbocycles. The Balaban J connectivity index is 2.35. The van der Waals surface area contributed by atoms with Gasteiger partial charge in [0.1, 0.15) is 10.7 Å². The third-order valence-corrected chi connectivity index (χ3v) is 5.63. The molecule has 21 heavy (non-hydrogen) atoms. The molecule has 1 fully saturated rings. The Hall–Kier alpha value is -1.38. The van der Waals surface area contributed by atoms with Gasteiger partial charge in [-0.2, -0.15) is 4.31 Å². The van der Waals surface area contributed by atoms with Crippen LogP contribution in [0.2, 0.25) is 0 Å². The lowest BCUT2D eigenvalue weighted by Crippen LogP contribution is -2.41. The Morgan fingerprint density at radius 1 is 1.52 bits per heavy atom. The van der Waals surface area contributed by atoms with Gasteiger partial charge in [0.15, 0.2) is 0 Å². The quantitative estimate of drug-likeness (QED) is 0.871. The summed E-state index contributed by atoms with van der Waals surface area (Å²) in [5.74, 6) is -1.51. The summed E-state index contributed by atoms with van der Waals surface area (Å²) in [5.41, 5.74) is 0. The summed E-state index contributed by atoms with van der Waals surface area (Å²) < 4.78 is 32.0. The van der Waals surface area contributed by atoms with E-state index in [-0.39, 0.29) is 22.5 Å². The monoisotopic (exact) mass is 316 g/mol. The first-order valence-corrected chi connectivity index (χ1v) is 8.18. The lowest BCUT2D eigenvalue weighted by molar-refractivity contribution is 0.0661. The van der Waals surface area contributed by atoms with Crippen LogP contribution in [0.5, 0.6) is 0 Å². The number of carbonyl (C=O) groups is 1. The molecule has 0 amide bonds. The average Bonchev–Trinajstić information content (AvgIpc) is 2.95. The van der Waals surface area contributed by atoms with Gasteiger partial charge in [-0.1, -0.05) is 0 Å². The van der Waals surface area contributed by atoms with Crippen LogP contribution >= 0.6 is 0 Å². The largest absolute Gasteiger partial charge is 0.475 e. The fourth-order valence-electron chi connectivity index (χ4n) is 2.68. The molecule has 1 atom stereocenters. The molecule has 1 saturated heterocycles. The summed E-state index contributed by atoms with van der Waals surface area (Å²) in [6.07, 6.45) is 1.61. The van der Waals surface area contributed by atoms with Crippen LogP contribution in [-0.4, -0.2) is 61.9 Å². The third kappa shape index (κ3) is 3.12. The average molecular weight is 316 g/mol. The van der Waals surface area contributed by atoms with Gasteiger partial charge in [0.05, 0.1) is 0 Å². The molecule has 1 N–H and O–H groups in total. The summed E-state index contributed by atoms with van der Waals surface area (Å²) in [5, 5.41) is 8.92. The number of hydrogen-bond donors (Lipinski definition) is 1. The van der Waals surface area contributed by atoms with Crippen LogP contribution in [0.15, 0.2) is 15.4 Å². The maximum Gasteiger partial charge on any atom is 0.371 e. The van der Waals surface area contributed by atoms with Gasteiger partial charge >= 0.3 is 5.97 Å². The van der Waals surface area contributed by atoms with Crippen LogP contribution in [0.4, 0.5) is 0 Å². The van der Waals surface area contributed by atoms with Crippen LogP contribution in [0.25, 0.3) is 0 Å². The molecule has 0 radical (unpaired) electrons. The lowest BCUT2D eigenvalue weighted by Gasteiger charge is -2.26. The van der Waals surface area contributed by atoms with Gasteiger partial charge in [0, 0.05) is 25.2 Å². The highest BCUT2D eigenvalue weighted by molar-refractivity contribution is 7.89. The highest BCUT2D eigenvalue weighted by atomic mass is 32.2. The zero-order valence-electron chi connectivity index (χ0n) is 12.4. The van der Waals surface area contributed by atoms with Crippen molar-refractivity contribution in [3.05, 3.63) is 17.6 Å². The first-order chi connectivity index (χ1) is 9.73. The summed E-state index contributed by atoms with van der Waals surface area (Å²) in [4.78, 5) is 12.8. The molecule has 1 aromatic heterocycles. The molecule has 2 rings (SSSR count). The fraction of sp³-hybridized carbons (Fsp3) is 0.615. The molecular formula is C13H20N2O5S. The first kappa shape index (κ1) is 16.0. The molecule has 7 nitrogen and oxygen atoms in total.